The van der Waals surface area contributed by atoms with E-state index in [1.54, 1.807) is 49.7 Å². The first kappa shape index (κ1) is 23.2. The van der Waals surface area contributed by atoms with Gasteiger partial charge in [-0.1, -0.05) is 12.1 Å². The van der Waals surface area contributed by atoms with E-state index in [2.05, 4.69) is 15.6 Å². The highest BCUT2D eigenvalue weighted by molar-refractivity contribution is 5.95. The van der Waals surface area contributed by atoms with Crippen LogP contribution < -0.4 is 29.6 Å². The highest BCUT2D eigenvalue weighted by Gasteiger charge is 2.24. The summed E-state index contributed by atoms with van der Waals surface area (Å²) in [5.41, 5.74) is 2.87. The van der Waals surface area contributed by atoms with Crippen LogP contribution in [0.25, 0.3) is 10.9 Å². The molecule has 4 aromatic rings. The fourth-order valence-electron chi connectivity index (χ4n) is 3.93. The van der Waals surface area contributed by atoms with E-state index in [9.17, 15) is 9.18 Å². The number of hydrogen-bond acceptors (Lipinski definition) is 6. The normalized spacial score (nSPS) is 12.2. The Bertz CT molecular complexity index is 1430. The predicted octanol–water partition coefficient (Wildman–Crippen LogP) is 5.58. The second kappa shape index (κ2) is 9.99. The van der Waals surface area contributed by atoms with Crippen LogP contribution in [-0.4, -0.2) is 31.3 Å². The van der Waals surface area contributed by atoms with E-state index in [-0.39, 0.29) is 18.4 Å². The maximum absolute atomic E-state index is 13.0. The minimum Gasteiger partial charge on any atom is -0.493 e. The van der Waals surface area contributed by atoms with Crippen molar-refractivity contribution in [2.75, 3.05) is 25.6 Å². The molecule has 0 spiro atoms. The summed E-state index contributed by atoms with van der Waals surface area (Å²) < 4.78 is 36.5. The molecule has 1 aliphatic heterocycles. The molecule has 0 aliphatic carbocycles. The van der Waals surface area contributed by atoms with Crippen molar-refractivity contribution in [1.82, 2.24) is 10.3 Å². The molecule has 0 saturated carbocycles. The van der Waals surface area contributed by atoms with Gasteiger partial charge in [0.25, 0.3) is 0 Å². The minimum absolute atomic E-state index is 0.280. The molecule has 2 N–H and O–H groups in total. The number of fused-ring (bicyclic) bond motifs is 3. The standard InChI is InChI=1S/C27H24FN3O5/c1-16-13-19(31-27(32)30-15-17-3-5-18(28)6-4-17)7-8-21(16)36-22-9-10-29-20-14-23(33-2)25-26(24(20)22)35-12-11-34-25/h3-10,13-14H,11-12,15H2,1-2H3,(H2,30,31,32). The fourth-order valence-corrected chi connectivity index (χ4v) is 3.93. The monoisotopic (exact) mass is 489 g/mol. The predicted molar refractivity (Wildman–Crippen MR) is 133 cm³/mol. The number of ether oxygens (including phenoxy) is 4. The average molecular weight is 490 g/mol. The Labute approximate surface area is 207 Å². The molecule has 0 bridgehead atoms. The lowest BCUT2D eigenvalue weighted by molar-refractivity contribution is 0.167. The fraction of sp³-hybridized carbons (Fsp3) is 0.185. The number of methoxy groups -OCH3 is 1. The molecule has 184 valence electrons. The molecule has 1 aromatic heterocycles. The first-order valence-corrected chi connectivity index (χ1v) is 11.3. The summed E-state index contributed by atoms with van der Waals surface area (Å²) in [5.74, 6) is 2.46. The molecule has 9 heteroatoms. The number of halogens is 1. The third-order valence-electron chi connectivity index (χ3n) is 5.68. The van der Waals surface area contributed by atoms with Crippen LogP contribution >= 0.6 is 0 Å². The summed E-state index contributed by atoms with van der Waals surface area (Å²) in [6.07, 6.45) is 1.66. The summed E-state index contributed by atoms with van der Waals surface area (Å²) in [4.78, 5) is 16.7. The van der Waals surface area contributed by atoms with E-state index < -0.39 is 0 Å². The van der Waals surface area contributed by atoms with Gasteiger partial charge in [0.15, 0.2) is 11.5 Å². The van der Waals surface area contributed by atoms with Crippen molar-refractivity contribution in [3.63, 3.8) is 0 Å². The number of amides is 2. The molecule has 0 atom stereocenters. The Morgan fingerprint density at radius 3 is 2.53 bits per heavy atom. The molecule has 2 heterocycles. The van der Waals surface area contributed by atoms with Gasteiger partial charge < -0.3 is 29.6 Å². The molecule has 0 unspecified atom stereocenters. The summed E-state index contributed by atoms with van der Waals surface area (Å²) in [6.45, 7) is 3.00. The number of carbonyl (C=O) groups excluding carboxylic acids is 1. The number of nitrogens with one attached hydrogen (secondary N) is 2. The first-order valence-electron chi connectivity index (χ1n) is 11.3. The molecule has 2 amide bonds. The second-order valence-electron chi connectivity index (χ2n) is 8.15. The van der Waals surface area contributed by atoms with Crippen LogP contribution in [0, 0.1) is 12.7 Å². The van der Waals surface area contributed by atoms with Crippen molar-refractivity contribution < 1.29 is 28.1 Å². The van der Waals surface area contributed by atoms with E-state index in [4.69, 9.17) is 18.9 Å². The van der Waals surface area contributed by atoms with Gasteiger partial charge in [0.1, 0.15) is 30.5 Å². The maximum atomic E-state index is 13.0. The van der Waals surface area contributed by atoms with E-state index in [1.165, 1.54) is 12.1 Å². The molecule has 1 aliphatic rings. The van der Waals surface area contributed by atoms with Crippen molar-refractivity contribution in [2.45, 2.75) is 13.5 Å². The molecule has 36 heavy (non-hydrogen) atoms. The second-order valence-corrected chi connectivity index (χ2v) is 8.15. The van der Waals surface area contributed by atoms with Gasteiger partial charge in [0, 0.05) is 24.5 Å². The summed E-state index contributed by atoms with van der Waals surface area (Å²) in [6, 6.07) is 14.5. The van der Waals surface area contributed by atoms with Crippen LogP contribution in [0.15, 0.2) is 60.8 Å². The van der Waals surface area contributed by atoms with Gasteiger partial charge in [-0.15, -0.1) is 0 Å². The number of nitrogens with zero attached hydrogens (tertiary/aromatic N) is 1. The zero-order chi connectivity index (χ0) is 25.1. The molecule has 0 saturated heterocycles. The molecule has 0 radical (unpaired) electrons. The number of hydrogen-bond donors (Lipinski definition) is 2. The van der Waals surface area contributed by atoms with Crippen LogP contribution in [0.3, 0.4) is 0 Å². The number of urea groups is 1. The number of benzene rings is 3. The lowest BCUT2D eigenvalue weighted by Gasteiger charge is -2.23. The molecule has 5 rings (SSSR count). The number of pyridine rings is 1. The lowest BCUT2D eigenvalue weighted by atomic mass is 10.1. The third kappa shape index (κ3) is 4.81. The summed E-state index contributed by atoms with van der Waals surface area (Å²) in [5, 5.41) is 6.24. The average Bonchev–Trinajstić information content (AvgIpc) is 2.89. The largest absolute Gasteiger partial charge is 0.493 e. The molecule has 8 nitrogen and oxygen atoms in total. The SMILES string of the molecule is COc1cc2nccc(Oc3ccc(NC(=O)NCc4ccc(F)cc4)cc3C)c2c2c1OCCO2. The van der Waals surface area contributed by atoms with Crippen LogP contribution in [-0.2, 0) is 6.54 Å². The summed E-state index contributed by atoms with van der Waals surface area (Å²) in [7, 11) is 1.57. The third-order valence-corrected chi connectivity index (χ3v) is 5.68. The van der Waals surface area contributed by atoms with Gasteiger partial charge in [-0.25, -0.2) is 9.18 Å². The van der Waals surface area contributed by atoms with Gasteiger partial charge in [0.05, 0.1) is 18.0 Å². The van der Waals surface area contributed by atoms with Gasteiger partial charge in [0.2, 0.25) is 5.75 Å². The lowest BCUT2D eigenvalue weighted by Crippen LogP contribution is -2.28. The topological polar surface area (TPSA) is 90.9 Å². The number of anilines is 1. The van der Waals surface area contributed by atoms with Crippen LogP contribution in [0.4, 0.5) is 14.9 Å². The van der Waals surface area contributed by atoms with Crippen LogP contribution in [0.2, 0.25) is 0 Å². The van der Waals surface area contributed by atoms with Gasteiger partial charge >= 0.3 is 6.03 Å². The highest BCUT2D eigenvalue weighted by atomic mass is 19.1. The van der Waals surface area contributed by atoms with Crippen LogP contribution in [0.5, 0.6) is 28.7 Å². The van der Waals surface area contributed by atoms with Gasteiger partial charge in [-0.05, 0) is 54.4 Å². The van der Waals surface area contributed by atoms with Crippen molar-refractivity contribution in [3.05, 3.63) is 77.7 Å². The van der Waals surface area contributed by atoms with Crippen molar-refractivity contribution >= 4 is 22.6 Å². The highest BCUT2D eigenvalue weighted by Crippen LogP contribution is 2.48. The van der Waals surface area contributed by atoms with Gasteiger partial charge in [-0.2, -0.15) is 0 Å². The Kier molecular flexibility index (Phi) is 6.44. The molecular weight excluding hydrogens is 465 g/mol. The smallest absolute Gasteiger partial charge is 0.319 e. The summed E-state index contributed by atoms with van der Waals surface area (Å²) >= 11 is 0. The number of rotatable bonds is 6. The van der Waals surface area contributed by atoms with Crippen LogP contribution in [0.1, 0.15) is 11.1 Å². The Morgan fingerprint density at radius 1 is 1.00 bits per heavy atom. The Morgan fingerprint density at radius 2 is 1.78 bits per heavy atom. The number of carbonyl (C=O) groups is 1. The number of aromatic nitrogens is 1. The van der Waals surface area contributed by atoms with Crippen molar-refractivity contribution in [2.24, 2.45) is 0 Å². The van der Waals surface area contributed by atoms with E-state index in [0.29, 0.717) is 58.6 Å². The molecular formula is C27H24FN3O5. The zero-order valence-electron chi connectivity index (χ0n) is 19.8. The quantitative estimate of drug-likeness (QED) is 0.368. The Hall–Kier alpha value is -4.53. The number of aryl methyl sites for hydroxylation is 1. The molecule has 0 fully saturated rings. The maximum Gasteiger partial charge on any atom is 0.319 e. The van der Waals surface area contributed by atoms with E-state index in [1.807, 2.05) is 13.0 Å². The van der Waals surface area contributed by atoms with E-state index >= 15 is 0 Å². The Balaban J connectivity index is 1.33. The minimum atomic E-state index is -0.370. The van der Waals surface area contributed by atoms with Crippen molar-refractivity contribution in [3.8, 4) is 28.7 Å². The molecule has 3 aromatic carbocycles. The zero-order valence-corrected chi connectivity index (χ0v) is 19.8. The van der Waals surface area contributed by atoms with Gasteiger partial charge in [-0.3, -0.25) is 4.98 Å². The van der Waals surface area contributed by atoms with Crippen molar-refractivity contribution in [1.29, 1.82) is 0 Å². The first-order chi connectivity index (χ1) is 17.5. The van der Waals surface area contributed by atoms with E-state index in [0.717, 1.165) is 11.1 Å².